The van der Waals surface area contributed by atoms with E-state index in [0.29, 0.717) is 11.1 Å². The number of nitrogens with zero attached hydrogens (tertiary/aromatic N) is 2. The van der Waals surface area contributed by atoms with Crippen molar-refractivity contribution in [2.45, 2.75) is 6.92 Å². The van der Waals surface area contributed by atoms with Crippen LogP contribution in [-0.2, 0) is 0 Å². The molecule has 0 saturated heterocycles. The first-order valence-electron chi connectivity index (χ1n) is 2.79. The summed E-state index contributed by atoms with van der Waals surface area (Å²) in [4.78, 5) is 3.64. The quantitative estimate of drug-likeness (QED) is 0.575. The van der Waals surface area contributed by atoms with E-state index in [-0.39, 0.29) is 5.75 Å². The van der Waals surface area contributed by atoms with Crippen LogP contribution < -0.4 is 0 Å². The molecule has 3 heteroatoms. The lowest BCUT2D eigenvalue weighted by Crippen LogP contribution is -1.83. The molecule has 0 spiro atoms. The summed E-state index contributed by atoms with van der Waals surface area (Å²) >= 11 is 0. The van der Waals surface area contributed by atoms with Crippen LogP contribution in [0.25, 0.3) is 0 Å². The van der Waals surface area contributed by atoms with Crippen molar-refractivity contribution >= 4 is 0 Å². The van der Waals surface area contributed by atoms with Crippen LogP contribution in [0, 0.1) is 18.3 Å². The topological polar surface area (TPSA) is 56.9 Å². The van der Waals surface area contributed by atoms with Crippen LogP contribution >= 0.6 is 0 Å². The van der Waals surface area contributed by atoms with E-state index in [1.165, 1.54) is 12.4 Å². The van der Waals surface area contributed by atoms with Crippen molar-refractivity contribution < 1.29 is 5.11 Å². The molecule has 10 heavy (non-hydrogen) atoms. The molecule has 0 aliphatic heterocycles. The normalized spacial score (nSPS) is 8.80. The first-order chi connectivity index (χ1) is 4.75. The highest BCUT2D eigenvalue weighted by molar-refractivity contribution is 5.41. The molecule has 1 N–H and O–H groups in total. The van der Waals surface area contributed by atoms with Gasteiger partial charge in [-0.05, 0) is 6.92 Å². The molecule has 0 amide bonds. The first kappa shape index (κ1) is 6.56. The highest BCUT2D eigenvalue weighted by Crippen LogP contribution is 2.16. The van der Waals surface area contributed by atoms with Crippen LogP contribution in [0.15, 0.2) is 12.4 Å². The summed E-state index contributed by atoms with van der Waals surface area (Å²) in [5.74, 6) is 0.0686. The van der Waals surface area contributed by atoms with E-state index < -0.39 is 0 Å². The van der Waals surface area contributed by atoms with Gasteiger partial charge < -0.3 is 5.11 Å². The highest BCUT2D eigenvalue weighted by atomic mass is 16.3. The number of nitriles is 1. The van der Waals surface area contributed by atoms with Crippen molar-refractivity contribution in [3.05, 3.63) is 23.5 Å². The van der Waals surface area contributed by atoms with Gasteiger partial charge in [-0.2, -0.15) is 5.26 Å². The molecule has 0 fully saturated rings. The third-order valence-electron chi connectivity index (χ3n) is 1.31. The SMILES string of the molecule is Cc1c(O)cncc1C#N. The second-order valence-electron chi connectivity index (χ2n) is 1.94. The Bertz CT molecular complexity index is 288. The summed E-state index contributed by atoms with van der Waals surface area (Å²) in [5, 5.41) is 17.5. The Labute approximate surface area is 58.6 Å². The predicted octanol–water partition coefficient (Wildman–Crippen LogP) is 0.967. The summed E-state index contributed by atoms with van der Waals surface area (Å²) in [6.07, 6.45) is 2.74. The first-order valence-corrected chi connectivity index (χ1v) is 2.79. The van der Waals surface area contributed by atoms with Crippen molar-refractivity contribution in [3.8, 4) is 11.8 Å². The molecule has 0 unspecified atom stereocenters. The monoisotopic (exact) mass is 134 g/mol. The molecule has 1 aromatic heterocycles. The molecule has 1 heterocycles. The van der Waals surface area contributed by atoms with Crippen molar-refractivity contribution in [2.75, 3.05) is 0 Å². The van der Waals surface area contributed by atoms with Gasteiger partial charge >= 0.3 is 0 Å². The molecule has 1 aromatic rings. The maximum atomic E-state index is 9.02. The third-order valence-corrected chi connectivity index (χ3v) is 1.31. The van der Waals surface area contributed by atoms with Crippen molar-refractivity contribution in [1.29, 1.82) is 5.26 Å². The molecule has 0 aliphatic carbocycles. The van der Waals surface area contributed by atoms with Crippen LogP contribution in [0.2, 0.25) is 0 Å². The van der Waals surface area contributed by atoms with E-state index in [2.05, 4.69) is 4.98 Å². The minimum absolute atomic E-state index is 0.0686. The molecule has 50 valence electrons. The fourth-order valence-corrected chi connectivity index (χ4v) is 0.627. The second-order valence-corrected chi connectivity index (χ2v) is 1.94. The van der Waals surface area contributed by atoms with Crippen LogP contribution in [0.5, 0.6) is 5.75 Å². The third kappa shape index (κ3) is 0.914. The van der Waals surface area contributed by atoms with Gasteiger partial charge in [0.2, 0.25) is 0 Å². The van der Waals surface area contributed by atoms with Gasteiger partial charge in [-0.15, -0.1) is 0 Å². The van der Waals surface area contributed by atoms with E-state index in [1.54, 1.807) is 6.92 Å². The summed E-state index contributed by atoms with van der Waals surface area (Å²) in [6.45, 7) is 1.68. The molecule has 0 radical (unpaired) electrons. The Morgan fingerprint density at radius 2 is 2.30 bits per heavy atom. The Morgan fingerprint density at radius 1 is 1.60 bits per heavy atom. The Hall–Kier alpha value is -1.56. The number of hydrogen-bond acceptors (Lipinski definition) is 3. The van der Waals surface area contributed by atoms with E-state index in [1.807, 2.05) is 6.07 Å². The standard InChI is InChI=1S/C7H6N2O/c1-5-6(2-8)3-9-4-7(5)10/h3-4,10H,1H3. The van der Waals surface area contributed by atoms with Crippen LogP contribution in [0.3, 0.4) is 0 Å². The molecule has 0 atom stereocenters. The van der Waals surface area contributed by atoms with Gasteiger partial charge in [-0.3, -0.25) is 4.98 Å². The lowest BCUT2D eigenvalue weighted by atomic mass is 10.2. The molecule has 0 bridgehead atoms. The lowest BCUT2D eigenvalue weighted by molar-refractivity contribution is 0.468. The number of hydrogen-bond donors (Lipinski definition) is 1. The molecule has 0 aliphatic rings. The molecule has 0 aromatic carbocycles. The smallest absolute Gasteiger partial charge is 0.138 e. The Morgan fingerprint density at radius 3 is 2.80 bits per heavy atom. The maximum Gasteiger partial charge on any atom is 0.138 e. The minimum Gasteiger partial charge on any atom is -0.506 e. The van der Waals surface area contributed by atoms with Crippen LogP contribution in [0.4, 0.5) is 0 Å². The van der Waals surface area contributed by atoms with E-state index >= 15 is 0 Å². The highest BCUT2D eigenvalue weighted by Gasteiger charge is 2.00. The van der Waals surface area contributed by atoms with Crippen molar-refractivity contribution in [1.82, 2.24) is 4.98 Å². The zero-order chi connectivity index (χ0) is 7.56. The number of pyridine rings is 1. The Kier molecular flexibility index (Phi) is 1.55. The fourth-order valence-electron chi connectivity index (χ4n) is 0.627. The van der Waals surface area contributed by atoms with Crippen LogP contribution in [0.1, 0.15) is 11.1 Å². The predicted molar refractivity (Wildman–Crippen MR) is 35.4 cm³/mol. The van der Waals surface area contributed by atoms with Crippen molar-refractivity contribution in [3.63, 3.8) is 0 Å². The van der Waals surface area contributed by atoms with Gasteiger partial charge in [0.1, 0.15) is 11.8 Å². The van der Waals surface area contributed by atoms with Gasteiger partial charge in [0, 0.05) is 11.8 Å². The number of rotatable bonds is 0. The molecular weight excluding hydrogens is 128 g/mol. The van der Waals surface area contributed by atoms with Gasteiger partial charge in [0.15, 0.2) is 0 Å². The summed E-state index contributed by atoms with van der Waals surface area (Å²) in [7, 11) is 0. The number of aromatic nitrogens is 1. The van der Waals surface area contributed by atoms with Crippen LogP contribution in [-0.4, -0.2) is 10.1 Å². The molecular formula is C7H6N2O. The fraction of sp³-hybridized carbons (Fsp3) is 0.143. The van der Waals surface area contributed by atoms with E-state index in [9.17, 15) is 0 Å². The average Bonchev–Trinajstić information content (AvgIpc) is 1.95. The van der Waals surface area contributed by atoms with Gasteiger partial charge in [-0.1, -0.05) is 0 Å². The molecule has 3 nitrogen and oxygen atoms in total. The second kappa shape index (κ2) is 2.36. The molecule has 1 rings (SSSR count). The van der Waals surface area contributed by atoms with Gasteiger partial charge in [0.05, 0.1) is 11.8 Å². The average molecular weight is 134 g/mol. The minimum atomic E-state index is 0.0686. The summed E-state index contributed by atoms with van der Waals surface area (Å²) in [6, 6.07) is 1.91. The maximum absolute atomic E-state index is 9.02. The largest absolute Gasteiger partial charge is 0.506 e. The summed E-state index contributed by atoms with van der Waals surface area (Å²) in [5.41, 5.74) is 0.998. The summed E-state index contributed by atoms with van der Waals surface area (Å²) < 4.78 is 0. The zero-order valence-corrected chi connectivity index (χ0v) is 5.50. The zero-order valence-electron chi connectivity index (χ0n) is 5.50. The Balaban J connectivity index is 3.31. The molecule has 0 saturated carbocycles. The number of aromatic hydroxyl groups is 1. The van der Waals surface area contributed by atoms with Crippen molar-refractivity contribution in [2.24, 2.45) is 0 Å². The van der Waals surface area contributed by atoms with E-state index in [4.69, 9.17) is 10.4 Å². The lowest BCUT2D eigenvalue weighted by Gasteiger charge is -1.96. The van der Waals surface area contributed by atoms with E-state index in [0.717, 1.165) is 0 Å². The van der Waals surface area contributed by atoms with Gasteiger partial charge in [0.25, 0.3) is 0 Å². The van der Waals surface area contributed by atoms with Gasteiger partial charge in [-0.25, -0.2) is 0 Å².